The van der Waals surface area contributed by atoms with Crippen molar-refractivity contribution in [1.82, 2.24) is 4.90 Å². The molecule has 0 radical (unpaired) electrons. The lowest BCUT2D eigenvalue weighted by atomic mass is 9.80. The molecule has 3 N–H and O–H groups in total. The van der Waals surface area contributed by atoms with Gasteiger partial charge < -0.3 is 15.7 Å². The maximum Gasteiger partial charge on any atom is 0.257 e. The van der Waals surface area contributed by atoms with E-state index in [9.17, 15) is 9.90 Å². The van der Waals surface area contributed by atoms with E-state index in [1.54, 1.807) is 30.1 Å². The van der Waals surface area contributed by atoms with Crippen LogP contribution < -0.4 is 5.73 Å². The van der Waals surface area contributed by atoms with Gasteiger partial charge in [0.1, 0.15) is 5.75 Å². The average molecular weight is 234 g/mol. The van der Waals surface area contributed by atoms with Crippen molar-refractivity contribution < 1.29 is 9.90 Å². The summed E-state index contributed by atoms with van der Waals surface area (Å²) in [5.74, 6) is 0.406. The number of hydrogen-bond acceptors (Lipinski definition) is 3. The van der Waals surface area contributed by atoms with Gasteiger partial charge in [0.2, 0.25) is 0 Å². The van der Waals surface area contributed by atoms with Gasteiger partial charge in [0, 0.05) is 19.6 Å². The topological polar surface area (TPSA) is 66.6 Å². The lowest BCUT2D eigenvalue weighted by molar-refractivity contribution is 0.0731. The number of benzene rings is 1. The van der Waals surface area contributed by atoms with Gasteiger partial charge in [0.15, 0.2) is 0 Å². The van der Waals surface area contributed by atoms with Gasteiger partial charge in [-0.25, -0.2) is 0 Å². The first-order chi connectivity index (χ1) is 8.08. The Kier molecular flexibility index (Phi) is 3.33. The summed E-state index contributed by atoms with van der Waals surface area (Å²) in [6.45, 7) is 0.709. The van der Waals surface area contributed by atoms with E-state index < -0.39 is 0 Å². The van der Waals surface area contributed by atoms with Crippen molar-refractivity contribution in [2.24, 2.45) is 11.7 Å². The number of para-hydroxylation sites is 1. The van der Waals surface area contributed by atoms with Crippen molar-refractivity contribution in [3.63, 3.8) is 0 Å². The molecule has 1 saturated carbocycles. The third-order valence-corrected chi connectivity index (χ3v) is 3.29. The average Bonchev–Trinajstić information content (AvgIpc) is 2.26. The normalized spacial score (nSPS) is 22.9. The molecule has 0 aliphatic heterocycles. The van der Waals surface area contributed by atoms with Crippen LogP contribution in [0.25, 0.3) is 0 Å². The zero-order valence-corrected chi connectivity index (χ0v) is 9.97. The first-order valence-corrected chi connectivity index (χ1v) is 5.87. The predicted octanol–water partition coefficient (Wildman–Crippen LogP) is 1.20. The van der Waals surface area contributed by atoms with Crippen molar-refractivity contribution >= 4 is 5.91 Å². The molecule has 1 amide bonds. The van der Waals surface area contributed by atoms with Crippen molar-refractivity contribution in [2.45, 2.75) is 18.9 Å². The zero-order valence-electron chi connectivity index (χ0n) is 9.97. The summed E-state index contributed by atoms with van der Waals surface area (Å²) < 4.78 is 0. The number of hydrogen-bond donors (Lipinski definition) is 2. The first-order valence-electron chi connectivity index (χ1n) is 5.87. The molecule has 4 heteroatoms. The van der Waals surface area contributed by atoms with Gasteiger partial charge in [-0.1, -0.05) is 12.1 Å². The molecule has 17 heavy (non-hydrogen) atoms. The van der Waals surface area contributed by atoms with Crippen LogP contribution in [0.2, 0.25) is 0 Å². The van der Waals surface area contributed by atoms with E-state index in [1.807, 2.05) is 0 Å². The third kappa shape index (κ3) is 2.58. The van der Waals surface area contributed by atoms with Crippen LogP contribution in [-0.4, -0.2) is 35.5 Å². The number of amides is 1. The minimum absolute atomic E-state index is 0.0367. The van der Waals surface area contributed by atoms with Gasteiger partial charge in [-0.05, 0) is 30.9 Å². The number of nitrogens with zero attached hydrogens (tertiary/aromatic N) is 1. The molecule has 0 unspecified atom stereocenters. The van der Waals surface area contributed by atoms with E-state index in [1.165, 1.54) is 6.07 Å². The number of phenolic OH excluding ortho intramolecular Hbond substituents is 1. The Labute approximate surface area is 101 Å². The summed E-state index contributed by atoms with van der Waals surface area (Å²) in [6, 6.07) is 6.92. The highest BCUT2D eigenvalue weighted by Crippen LogP contribution is 2.27. The van der Waals surface area contributed by atoms with Gasteiger partial charge in [-0.2, -0.15) is 0 Å². The number of rotatable bonds is 3. The second-order valence-electron chi connectivity index (χ2n) is 4.80. The Morgan fingerprint density at radius 1 is 1.47 bits per heavy atom. The Hall–Kier alpha value is -1.55. The van der Waals surface area contributed by atoms with Crippen LogP contribution in [0, 0.1) is 5.92 Å². The fraction of sp³-hybridized carbons (Fsp3) is 0.462. The number of phenols is 1. The maximum absolute atomic E-state index is 12.1. The fourth-order valence-electron chi connectivity index (χ4n) is 2.27. The summed E-state index contributed by atoms with van der Waals surface area (Å²) in [5, 5.41) is 9.61. The van der Waals surface area contributed by atoms with Gasteiger partial charge in [-0.3, -0.25) is 4.79 Å². The smallest absolute Gasteiger partial charge is 0.257 e. The minimum Gasteiger partial charge on any atom is -0.507 e. The largest absolute Gasteiger partial charge is 0.507 e. The van der Waals surface area contributed by atoms with E-state index in [4.69, 9.17) is 5.73 Å². The lowest BCUT2D eigenvalue weighted by Crippen LogP contribution is -2.43. The van der Waals surface area contributed by atoms with Crippen LogP contribution in [-0.2, 0) is 0 Å². The first kappa shape index (κ1) is 11.9. The van der Waals surface area contributed by atoms with Gasteiger partial charge in [0.25, 0.3) is 5.91 Å². The molecule has 0 aromatic heterocycles. The molecule has 0 atom stereocenters. The van der Waals surface area contributed by atoms with Crippen molar-refractivity contribution in [2.75, 3.05) is 13.6 Å². The standard InChI is InChI=1S/C13H18N2O2/c1-15(8-9-6-10(14)7-9)13(17)11-4-2-3-5-12(11)16/h2-5,9-10,16H,6-8,14H2,1H3. The second kappa shape index (κ2) is 4.75. The zero-order chi connectivity index (χ0) is 12.4. The summed E-state index contributed by atoms with van der Waals surface area (Å²) >= 11 is 0. The summed E-state index contributed by atoms with van der Waals surface area (Å²) in [6.07, 6.45) is 1.97. The van der Waals surface area contributed by atoms with Crippen LogP contribution in [0.4, 0.5) is 0 Å². The van der Waals surface area contributed by atoms with E-state index in [2.05, 4.69) is 0 Å². The molecule has 1 aliphatic rings. The van der Waals surface area contributed by atoms with Gasteiger partial charge >= 0.3 is 0 Å². The predicted molar refractivity (Wildman–Crippen MR) is 65.8 cm³/mol. The third-order valence-electron chi connectivity index (χ3n) is 3.29. The molecule has 1 aromatic carbocycles. The minimum atomic E-state index is -0.136. The highest BCUT2D eigenvalue weighted by atomic mass is 16.3. The number of carbonyl (C=O) groups excluding carboxylic acids is 1. The van der Waals surface area contributed by atoms with Crippen LogP contribution in [0.15, 0.2) is 24.3 Å². The van der Waals surface area contributed by atoms with E-state index in [0.29, 0.717) is 24.1 Å². The van der Waals surface area contributed by atoms with Crippen molar-refractivity contribution in [3.05, 3.63) is 29.8 Å². The quantitative estimate of drug-likeness (QED) is 0.826. The van der Waals surface area contributed by atoms with Crippen LogP contribution in [0.3, 0.4) is 0 Å². The Balaban J connectivity index is 1.97. The molecule has 2 rings (SSSR count). The molecule has 0 spiro atoms. The molecular formula is C13H18N2O2. The van der Waals surface area contributed by atoms with E-state index in [-0.39, 0.29) is 11.7 Å². The van der Waals surface area contributed by atoms with Crippen LogP contribution in [0.5, 0.6) is 5.75 Å². The molecule has 4 nitrogen and oxygen atoms in total. The Morgan fingerprint density at radius 3 is 2.71 bits per heavy atom. The molecule has 92 valence electrons. The molecule has 1 aromatic rings. The molecule has 0 saturated heterocycles. The summed E-state index contributed by atoms with van der Waals surface area (Å²) in [5.41, 5.74) is 6.07. The van der Waals surface area contributed by atoms with E-state index in [0.717, 1.165) is 12.8 Å². The highest BCUT2D eigenvalue weighted by Gasteiger charge is 2.28. The number of nitrogens with two attached hydrogens (primary N) is 1. The summed E-state index contributed by atoms with van der Waals surface area (Å²) in [4.78, 5) is 13.7. The van der Waals surface area contributed by atoms with Crippen molar-refractivity contribution in [3.8, 4) is 5.75 Å². The summed E-state index contributed by atoms with van der Waals surface area (Å²) in [7, 11) is 1.76. The Bertz CT molecular complexity index is 414. The van der Waals surface area contributed by atoms with Crippen LogP contribution >= 0.6 is 0 Å². The molecule has 1 fully saturated rings. The van der Waals surface area contributed by atoms with Crippen molar-refractivity contribution in [1.29, 1.82) is 0 Å². The number of aromatic hydroxyl groups is 1. The molecule has 1 aliphatic carbocycles. The van der Waals surface area contributed by atoms with Gasteiger partial charge in [0.05, 0.1) is 5.56 Å². The number of carbonyl (C=O) groups is 1. The fourth-order valence-corrected chi connectivity index (χ4v) is 2.27. The second-order valence-corrected chi connectivity index (χ2v) is 4.80. The SMILES string of the molecule is CN(CC1CC(N)C1)C(=O)c1ccccc1O. The van der Waals surface area contributed by atoms with Crippen LogP contribution in [0.1, 0.15) is 23.2 Å². The maximum atomic E-state index is 12.1. The molecule has 0 bridgehead atoms. The highest BCUT2D eigenvalue weighted by molar-refractivity contribution is 5.96. The molecular weight excluding hydrogens is 216 g/mol. The van der Waals surface area contributed by atoms with E-state index >= 15 is 0 Å². The molecule has 0 heterocycles. The lowest BCUT2D eigenvalue weighted by Gasteiger charge is -2.35. The monoisotopic (exact) mass is 234 g/mol. The Morgan fingerprint density at radius 2 is 2.12 bits per heavy atom. The van der Waals surface area contributed by atoms with Gasteiger partial charge in [-0.15, -0.1) is 0 Å².